The fourth-order valence-electron chi connectivity index (χ4n) is 3.77. The molecule has 0 radical (unpaired) electrons. The Morgan fingerprint density at radius 3 is 2.87 bits per heavy atom. The van der Waals surface area contributed by atoms with Crippen molar-refractivity contribution >= 4 is 22.4 Å². The number of H-pyrrole nitrogens is 1. The Balaban J connectivity index is 1.69. The highest BCUT2D eigenvalue weighted by atomic mass is 16.2. The fraction of sp³-hybridized carbons (Fsp3) is 0.240. The van der Waals surface area contributed by atoms with Gasteiger partial charge in [-0.25, -0.2) is 0 Å². The van der Waals surface area contributed by atoms with Crippen LogP contribution in [0.1, 0.15) is 37.2 Å². The van der Waals surface area contributed by atoms with Gasteiger partial charge in [0.1, 0.15) is 0 Å². The molecular weight excluding hydrogens is 372 g/mol. The molecule has 0 atom stereocenters. The Hall–Kier alpha value is -3.47. The van der Waals surface area contributed by atoms with Crippen molar-refractivity contribution in [3.63, 3.8) is 0 Å². The van der Waals surface area contributed by atoms with Crippen LogP contribution in [0.5, 0.6) is 0 Å². The highest BCUT2D eigenvalue weighted by Gasteiger charge is 2.22. The van der Waals surface area contributed by atoms with Gasteiger partial charge in [0.25, 0.3) is 0 Å². The van der Waals surface area contributed by atoms with E-state index in [0.29, 0.717) is 13.0 Å². The minimum Gasteiger partial charge on any atom is -0.354 e. The molecule has 0 spiro atoms. The van der Waals surface area contributed by atoms with Gasteiger partial charge in [-0.05, 0) is 37.5 Å². The maximum Gasteiger partial charge on any atom is 0.227 e. The molecular formula is C25H26N4O. The summed E-state index contributed by atoms with van der Waals surface area (Å²) in [5.74, 6) is 0.0791. The molecule has 5 heteroatoms. The van der Waals surface area contributed by atoms with Crippen LogP contribution in [0.2, 0.25) is 0 Å². The van der Waals surface area contributed by atoms with Crippen LogP contribution in [0.4, 0.5) is 0 Å². The summed E-state index contributed by atoms with van der Waals surface area (Å²) in [6.45, 7) is 4.52. The number of aromatic amines is 1. The molecule has 0 fully saturated rings. The Bertz CT molecular complexity index is 1120. The van der Waals surface area contributed by atoms with E-state index in [-0.39, 0.29) is 11.9 Å². The molecule has 0 saturated heterocycles. The second-order valence-electron chi connectivity index (χ2n) is 7.70. The van der Waals surface area contributed by atoms with Crippen LogP contribution in [0.25, 0.3) is 16.5 Å². The van der Waals surface area contributed by atoms with Crippen molar-refractivity contribution in [2.24, 2.45) is 0 Å². The van der Waals surface area contributed by atoms with Gasteiger partial charge < -0.3 is 9.88 Å². The van der Waals surface area contributed by atoms with E-state index in [1.807, 2.05) is 30.9 Å². The van der Waals surface area contributed by atoms with E-state index < -0.39 is 0 Å². The van der Waals surface area contributed by atoms with Crippen LogP contribution in [0.3, 0.4) is 0 Å². The standard InChI is InChI=1S/C25H26N4O/c1-18(2)29(17-20-16-26-13-14-27-20)24(30)15-22-21-11-7-8-12-23(21)28-25(22)19-9-5-3-4-6-10-19/h3,5-14,16,18,28H,4,15,17H2,1-2H3. The number of carbonyl (C=O) groups excluding carboxylic acids is 1. The number of para-hydroxylation sites is 1. The third kappa shape index (κ3) is 4.25. The molecule has 30 heavy (non-hydrogen) atoms. The SMILES string of the molecule is CC(C)N(Cc1cnccn1)C(=O)Cc1c(C2=CC=CCC=C2)[nH]c2ccccc12. The van der Waals surface area contributed by atoms with Gasteiger partial charge in [-0.15, -0.1) is 0 Å². The smallest absolute Gasteiger partial charge is 0.227 e. The zero-order valence-corrected chi connectivity index (χ0v) is 17.4. The zero-order valence-electron chi connectivity index (χ0n) is 17.4. The maximum atomic E-state index is 13.4. The number of allylic oxidation sites excluding steroid dienone is 6. The number of rotatable bonds is 6. The summed E-state index contributed by atoms with van der Waals surface area (Å²) in [5, 5.41) is 1.09. The number of carbonyl (C=O) groups is 1. The van der Waals surface area contributed by atoms with E-state index in [2.05, 4.69) is 57.5 Å². The number of nitrogens with zero attached hydrogens (tertiary/aromatic N) is 3. The van der Waals surface area contributed by atoms with E-state index in [1.54, 1.807) is 18.6 Å². The summed E-state index contributed by atoms with van der Waals surface area (Å²) in [6, 6.07) is 8.24. The third-order valence-corrected chi connectivity index (χ3v) is 5.30. The summed E-state index contributed by atoms with van der Waals surface area (Å²) >= 11 is 0. The maximum absolute atomic E-state index is 13.4. The van der Waals surface area contributed by atoms with Gasteiger partial charge >= 0.3 is 0 Å². The van der Waals surface area contributed by atoms with E-state index in [4.69, 9.17) is 0 Å². The molecule has 1 amide bonds. The Labute approximate surface area is 176 Å². The van der Waals surface area contributed by atoms with E-state index >= 15 is 0 Å². The Morgan fingerprint density at radius 2 is 2.07 bits per heavy atom. The molecule has 0 unspecified atom stereocenters. The second kappa shape index (κ2) is 8.91. The van der Waals surface area contributed by atoms with Gasteiger partial charge in [0.15, 0.2) is 0 Å². The first kappa shape index (κ1) is 19.8. The summed E-state index contributed by atoms with van der Waals surface area (Å²) in [4.78, 5) is 27.3. The molecule has 0 bridgehead atoms. The largest absolute Gasteiger partial charge is 0.354 e. The van der Waals surface area contributed by atoms with Crippen molar-refractivity contribution in [1.82, 2.24) is 19.9 Å². The molecule has 1 aliphatic carbocycles. The number of hydrogen-bond acceptors (Lipinski definition) is 3. The number of benzene rings is 1. The molecule has 1 aromatic carbocycles. The van der Waals surface area contributed by atoms with E-state index in [9.17, 15) is 4.79 Å². The number of hydrogen-bond donors (Lipinski definition) is 1. The summed E-state index contributed by atoms with van der Waals surface area (Å²) in [6.07, 6.45) is 16.8. The molecule has 5 nitrogen and oxygen atoms in total. The van der Waals surface area contributed by atoms with Gasteiger partial charge in [0.2, 0.25) is 5.91 Å². The average Bonchev–Trinajstić information content (AvgIpc) is 2.92. The van der Waals surface area contributed by atoms with Crippen LogP contribution >= 0.6 is 0 Å². The van der Waals surface area contributed by atoms with Gasteiger partial charge in [-0.2, -0.15) is 0 Å². The van der Waals surface area contributed by atoms with Crippen LogP contribution < -0.4 is 0 Å². The Kier molecular flexibility index (Phi) is 5.89. The van der Waals surface area contributed by atoms with Gasteiger partial charge in [-0.1, -0.05) is 48.6 Å². The van der Waals surface area contributed by atoms with Crippen LogP contribution in [0.15, 0.2) is 73.2 Å². The highest BCUT2D eigenvalue weighted by molar-refractivity contribution is 5.95. The monoisotopic (exact) mass is 398 g/mol. The molecule has 1 N–H and O–H groups in total. The number of nitrogens with one attached hydrogen (secondary N) is 1. The van der Waals surface area contributed by atoms with Crippen LogP contribution in [0, 0.1) is 0 Å². The van der Waals surface area contributed by atoms with Crippen LogP contribution in [-0.4, -0.2) is 31.8 Å². The lowest BCUT2D eigenvalue weighted by molar-refractivity contribution is -0.132. The highest BCUT2D eigenvalue weighted by Crippen LogP contribution is 2.30. The summed E-state index contributed by atoms with van der Waals surface area (Å²) < 4.78 is 0. The molecule has 0 aliphatic heterocycles. The molecule has 2 aromatic heterocycles. The predicted octanol–water partition coefficient (Wildman–Crippen LogP) is 4.84. The minimum absolute atomic E-state index is 0.0630. The number of amides is 1. The average molecular weight is 399 g/mol. The minimum atomic E-state index is 0.0630. The van der Waals surface area contributed by atoms with Crippen molar-refractivity contribution in [2.75, 3.05) is 0 Å². The number of fused-ring (bicyclic) bond motifs is 1. The lowest BCUT2D eigenvalue weighted by Crippen LogP contribution is -2.37. The van der Waals surface area contributed by atoms with Crippen molar-refractivity contribution in [3.05, 3.63) is 90.2 Å². The lowest BCUT2D eigenvalue weighted by atomic mass is 10.0. The first-order valence-electron chi connectivity index (χ1n) is 10.3. The Morgan fingerprint density at radius 1 is 1.20 bits per heavy atom. The normalized spacial score (nSPS) is 13.5. The van der Waals surface area contributed by atoms with Crippen molar-refractivity contribution in [1.29, 1.82) is 0 Å². The molecule has 0 saturated carbocycles. The summed E-state index contributed by atoms with van der Waals surface area (Å²) in [5.41, 5.74) is 4.97. The lowest BCUT2D eigenvalue weighted by Gasteiger charge is -2.26. The van der Waals surface area contributed by atoms with Gasteiger partial charge in [0.05, 0.1) is 30.6 Å². The van der Waals surface area contributed by atoms with Crippen molar-refractivity contribution < 1.29 is 4.79 Å². The summed E-state index contributed by atoms with van der Waals surface area (Å²) in [7, 11) is 0. The predicted molar refractivity (Wildman–Crippen MR) is 121 cm³/mol. The van der Waals surface area contributed by atoms with Crippen molar-refractivity contribution in [2.45, 2.75) is 39.3 Å². The molecule has 2 heterocycles. The van der Waals surface area contributed by atoms with Crippen molar-refractivity contribution in [3.8, 4) is 0 Å². The molecule has 3 aromatic rings. The molecule has 152 valence electrons. The second-order valence-corrected chi connectivity index (χ2v) is 7.70. The third-order valence-electron chi connectivity index (χ3n) is 5.30. The van der Waals surface area contributed by atoms with Gasteiger partial charge in [0, 0.05) is 29.3 Å². The fourth-order valence-corrected chi connectivity index (χ4v) is 3.77. The van der Waals surface area contributed by atoms with E-state index in [1.165, 1.54) is 0 Å². The quantitative estimate of drug-likeness (QED) is 0.646. The number of aromatic nitrogens is 3. The first-order valence-corrected chi connectivity index (χ1v) is 10.3. The van der Waals surface area contributed by atoms with E-state index in [0.717, 1.165) is 39.8 Å². The van der Waals surface area contributed by atoms with Crippen LogP contribution in [-0.2, 0) is 17.8 Å². The topological polar surface area (TPSA) is 61.9 Å². The first-order chi connectivity index (χ1) is 14.6. The molecule has 4 rings (SSSR count). The molecule has 1 aliphatic rings. The zero-order chi connectivity index (χ0) is 20.9. The van der Waals surface area contributed by atoms with Gasteiger partial charge in [-0.3, -0.25) is 14.8 Å².